The number of hydrogen-bond acceptors (Lipinski definition) is 3. The number of hydrogen-bond donors (Lipinski definition) is 2. The van der Waals surface area contributed by atoms with Gasteiger partial charge in [-0.05, 0) is 47.9 Å². The Morgan fingerprint density at radius 3 is 2.61 bits per heavy atom. The van der Waals surface area contributed by atoms with E-state index in [1.165, 1.54) is 4.90 Å². The number of amides is 2. The summed E-state index contributed by atoms with van der Waals surface area (Å²) < 4.78 is 39.5. The van der Waals surface area contributed by atoms with Crippen LogP contribution < -0.4 is 10.6 Å². The summed E-state index contributed by atoms with van der Waals surface area (Å²) >= 11 is 0. The van der Waals surface area contributed by atoms with Gasteiger partial charge in [-0.25, -0.2) is 0 Å². The smallest absolute Gasteiger partial charge is 0.324 e. The van der Waals surface area contributed by atoms with Gasteiger partial charge in [0.2, 0.25) is 5.91 Å². The Labute approximate surface area is 159 Å². The second kappa shape index (κ2) is 6.63. The average molecular weight is 389 g/mol. The molecule has 1 atom stereocenters. The summed E-state index contributed by atoms with van der Waals surface area (Å²) in [6.07, 6.45) is -4.45. The third kappa shape index (κ3) is 3.24. The lowest BCUT2D eigenvalue weighted by Crippen LogP contribution is -2.57. The van der Waals surface area contributed by atoms with Gasteiger partial charge >= 0.3 is 6.18 Å². The molecule has 0 saturated carbocycles. The summed E-state index contributed by atoms with van der Waals surface area (Å²) in [4.78, 5) is 27.0. The van der Waals surface area contributed by atoms with E-state index in [0.29, 0.717) is 42.0 Å². The molecule has 2 heterocycles. The Morgan fingerprint density at radius 2 is 1.86 bits per heavy atom. The number of alkyl halides is 3. The van der Waals surface area contributed by atoms with Gasteiger partial charge in [0.15, 0.2) is 0 Å². The van der Waals surface area contributed by atoms with Crippen LogP contribution in [0.15, 0.2) is 36.4 Å². The molecule has 1 fully saturated rings. The topological polar surface area (TPSA) is 61.4 Å². The Morgan fingerprint density at radius 1 is 1.07 bits per heavy atom. The number of nitrogens with one attached hydrogen (secondary N) is 2. The molecule has 0 aliphatic carbocycles. The molecule has 2 aromatic rings. The molecule has 146 valence electrons. The van der Waals surface area contributed by atoms with E-state index in [2.05, 4.69) is 10.6 Å². The maximum atomic E-state index is 13.2. The number of nitrogens with zero attached hydrogens (tertiary/aromatic N) is 1. The molecule has 0 spiro atoms. The minimum Gasteiger partial charge on any atom is -0.324 e. The molecule has 0 aromatic heterocycles. The molecule has 2 N–H and O–H groups in total. The molecule has 4 rings (SSSR count). The summed E-state index contributed by atoms with van der Waals surface area (Å²) in [5.74, 6) is -0.577. The van der Waals surface area contributed by atoms with E-state index in [4.69, 9.17) is 0 Å². The zero-order valence-electron chi connectivity index (χ0n) is 15.1. The van der Waals surface area contributed by atoms with Crippen LogP contribution in [0.25, 0.3) is 11.1 Å². The quantitative estimate of drug-likeness (QED) is 0.788. The Hall–Kier alpha value is -2.87. The van der Waals surface area contributed by atoms with Crippen molar-refractivity contribution in [3.8, 4) is 11.1 Å². The van der Waals surface area contributed by atoms with Crippen molar-refractivity contribution >= 4 is 17.5 Å². The number of anilines is 1. The van der Waals surface area contributed by atoms with Crippen molar-refractivity contribution < 1.29 is 22.8 Å². The molecule has 1 saturated heterocycles. The van der Waals surface area contributed by atoms with E-state index in [1.807, 2.05) is 0 Å². The van der Waals surface area contributed by atoms with E-state index >= 15 is 0 Å². The molecule has 28 heavy (non-hydrogen) atoms. The Balaban J connectivity index is 1.79. The standard InChI is InChI=1S/C20H18F3N3O2/c1-11-6-13(8-14(7-11)20(21,22)23)12-2-3-16-15(9-12)19(28)26-5-4-24-10-17(26)18(27)25-16/h2-3,6-9,17,24H,4-5,10H2,1H3,(H,25,27). The van der Waals surface area contributed by atoms with Crippen LogP contribution in [-0.4, -0.2) is 42.4 Å². The maximum Gasteiger partial charge on any atom is 0.416 e. The first kappa shape index (κ1) is 18.5. The minimum atomic E-state index is -4.45. The number of benzene rings is 2. The number of fused-ring (bicyclic) bond motifs is 2. The molecule has 1 unspecified atom stereocenters. The third-order valence-corrected chi connectivity index (χ3v) is 5.05. The minimum absolute atomic E-state index is 0.276. The monoisotopic (exact) mass is 389 g/mol. The van der Waals surface area contributed by atoms with E-state index in [1.54, 1.807) is 31.2 Å². The molecule has 2 aromatic carbocycles. The molecular formula is C20H18F3N3O2. The second-order valence-corrected chi connectivity index (χ2v) is 7.05. The number of carbonyl (C=O) groups is 2. The highest BCUT2D eigenvalue weighted by Gasteiger charge is 2.37. The molecule has 2 aliphatic heterocycles. The largest absolute Gasteiger partial charge is 0.416 e. The molecular weight excluding hydrogens is 371 g/mol. The van der Waals surface area contributed by atoms with Gasteiger partial charge in [0.25, 0.3) is 5.91 Å². The van der Waals surface area contributed by atoms with Crippen molar-refractivity contribution in [3.05, 3.63) is 53.1 Å². The number of aryl methyl sites for hydroxylation is 1. The maximum absolute atomic E-state index is 13.2. The first-order valence-corrected chi connectivity index (χ1v) is 8.90. The van der Waals surface area contributed by atoms with Crippen molar-refractivity contribution in [2.75, 3.05) is 25.0 Å². The summed E-state index contributed by atoms with van der Waals surface area (Å²) in [6, 6.07) is 7.94. The van der Waals surface area contributed by atoms with Gasteiger partial charge in [-0.1, -0.05) is 12.1 Å². The molecule has 2 aliphatic rings. The van der Waals surface area contributed by atoms with Crippen LogP contribution >= 0.6 is 0 Å². The van der Waals surface area contributed by atoms with E-state index < -0.39 is 17.8 Å². The van der Waals surface area contributed by atoms with Gasteiger partial charge in [-0.3, -0.25) is 9.59 Å². The first-order valence-electron chi connectivity index (χ1n) is 8.90. The molecule has 0 bridgehead atoms. The first-order chi connectivity index (χ1) is 13.2. The highest BCUT2D eigenvalue weighted by Crippen LogP contribution is 2.35. The van der Waals surface area contributed by atoms with Gasteiger partial charge in [0.05, 0.1) is 16.8 Å². The van der Waals surface area contributed by atoms with Gasteiger partial charge in [0, 0.05) is 19.6 Å². The van der Waals surface area contributed by atoms with E-state index in [9.17, 15) is 22.8 Å². The van der Waals surface area contributed by atoms with Gasteiger partial charge in [-0.2, -0.15) is 13.2 Å². The number of halogens is 3. The molecule has 8 heteroatoms. The predicted molar refractivity (Wildman–Crippen MR) is 97.9 cm³/mol. The predicted octanol–water partition coefficient (Wildman–Crippen LogP) is 3.05. The van der Waals surface area contributed by atoms with Crippen LogP contribution in [0.1, 0.15) is 21.5 Å². The number of rotatable bonds is 1. The second-order valence-electron chi connectivity index (χ2n) is 7.05. The molecule has 5 nitrogen and oxygen atoms in total. The van der Waals surface area contributed by atoms with Crippen LogP contribution in [0.5, 0.6) is 0 Å². The lowest BCUT2D eigenvalue weighted by molar-refractivity contribution is -0.137. The normalized spacial score (nSPS) is 19.6. The SMILES string of the molecule is Cc1cc(-c2ccc3c(c2)C(=O)N2CCNCC2C(=O)N3)cc(C(F)(F)F)c1. The number of carbonyl (C=O) groups excluding carboxylic acids is 2. The van der Waals surface area contributed by atoms with Crippen molar-refractivity contribution in [2.24, 2.45) is 0 Å². The lowest BCUT2D eigenvalue weighted by Gasteiger charge is -2.33. The Bertz CT molecular complexity index is 972. The van der Waals surface area contributed by atoms with E-state index in [0.717, 1.165) is 12.1 Å². The van der Waals surface area contributed by atoms with Crippen LogP contribution in [0, 0.1) is 6.92 Å². The fourth-order valence-corrected chi connectivity index (χ4v) is 3.68. The molecule has 0 radical (unpaired) electrons. The highest BCUT2D eigenvalue weighted by atomic mass is 19.4. The summed E-state index contributed by atoms with van der Waals surface area (Å²) in [7, 11) is 0. The van der Waals surface area contributed by atoms with Crippen molar-refractivity contribution in [1.82, 2.24) is 10.2 Å². The summed E-state index contributed by atoms with van der Waals surface area (Å²) in [5, 5.41) is 5.85. The van der Waals surface area contributed by atoms with Crippen LogP contribution in [0.4, 0.5) is 18.9 Å². The Kier molecular flexibility index (Phi) is 4.38. The van der Waals surface area contributed by atoms with Gasteiger partial charge in [0.1, 0.15) is 6.04 Å². The zero-order valence-corrected chi connectivity index (χ0v) is 15.1. The van der Waals surface area contributed by atoms with Crippen LogP contribution in [-0.2, 0) is 11.0 Å². The summed E-state index contributed by atoms with van der Waals surface area (Å²) in [5.41, 5.74) is 1.25. The van der Waals surface area contributed by atoms with Gasteiger partial charge in [-0.15, -0.1) is 0 Å². The van der Waals surface area contributed by atoms with Crippen molar-refractivity contribution in [1.29, 1.82) is 0 Å². The van der Waals surface area contributed by atoms with E-state index in [-0.39, 0.29) is 17.4 Å². The fourth-order valence-electron chi connectivity index (χ4n) is 3.68. The van der Waals surface area contributed by atoms with Crippen LogP contribution in [0.2, 0.25) is 0 Å². The van der Waals surface area contributed by atoms with Crippen LogP contribution in [0.3, 0.4) is 0 Å². The highest BCUT2D eigenvalue weighted by molar-refractivity contribution is 6.10. The number of piperazine rings is 1. The summed E-state index contributed by atoms with van der Waals surface area (Å²) in [6.45, 7) is 2.94. The van der Waals surface area contributed by atoms with Crippen molar-refractivity contribution in [3.63, 3.8) is 0 Å². The van der Waals surface area contributed by atoms with Crippen molar-refractivity contribution in [2.45, 2.75) is 19.1 Å². The molecule has 2 amide bonds. The zero-order chi connectivity index (χ0) is 20.1. The fraction of sp³-hybridized carbons (Fsp3) is 0.300. The third-order valence-electron chi connectivity index (χ3n) is 5.05. The van der Waals surface area contributed by atoms with Gasteiger partial charge < -0.3 is 15.5 Å². The lowest BCUT2D eigenvalue weighted by atomic mass is 9.97. The average Bonchev–Trinajstić information content (AvgIpc) is 2.76.